The number of carboxylic acid groups (broad SMARTS) is 1. The highest BCUT2D eigenvalue weighted by molar-refractivity contribution is 9.10. The lowest BCUT2D eigenvalue weighted by Crippen LogP contribution is -2.41. The van der Waals surface area contributed by atoms with Gasteiger partial charge < -0.3 is 5.11 Å². The molecule has 0 bridgehead atoms. The predicted octanol–water partition coefficient (Wildman–Crippen LogP) is 2.23. The van der Waals surface area contributed by atoms with Crippen LogP contribution in [0.15, 0.2) is 10.7 Å². The molecule has 1 aromatic heterocycles. The summed E-state index contributed by atoms with van der Waals surface area (Å²) in [5, 5.41) is 9.30. The van der Waals surface area contributed by atoms with Crippen molar-refractivity contribution in [2.24, 2.45) is 0 Å². The molecule has 0 aliphatic heterocycles. The van der Waals surface area contributed by atoms with Crippen LogP contribution in [0.2, 0.25) is 19.6 Å². The number of aromatic nitrogens is 1. The number of aromatic carboxylic acids is 1. The third-order valence-electron chi connectivity index (χ3n) is 1.97. The van der Waals surface area contributed by atoms with Crippen LogP contribution in [-0.2, 0) is 0 Å². The molecule has 0 unspecified atom stereocenters. The third kappa shape index (κ3) is 2.63. The van der Waals surface area contributed by atoms with Gasteiger partial charge in [-0.1, -0.05) is 19.6 Å². The van der Waals surface area contributed by atoms with Crippen LogP contribution in [0.4, 0.5) is 4.39 Å². The number of hydrogen-bond acceptors (Lipinski definition) is 2. The highest BCUT2D eigenvalue weighted by Crippen LogP contribution is 2.15. The molecule has 1 N–H and O–H groups in total. The van der Waals surface area contributed by atoms with E-state index in [2.05, 4.69) is 20.9 Å². The first-order chi connectivity index (χ1) is 6.73. The minimum absolute atomic E-state index is 0.00817. The molecular weight excluding hydrogens is 281 g/mol. The standard InChI is InChI=1S/C9H11BrFNO2Si/c1-15(2,3)6-4-5(9(13)14)7(10)12-8(6)11/h4H,1-3H3,(H,13,14). The lowest BCUT2D eigenvalue weighted by molar-refractivity contribution is 0.0695. The van der Waals surface area contributed by atoms with Crippen LogP contribution in [0, 0.1) is 5.95 Å². The van der Waals surface area contributed by atoms with Gasteiger partial charge in [0.05, 0.1) is 13.6 Å². The number of nitrogens with zero attached hydrogens (tertiary/aromatic N) is 1. The highest BCUT2D eigenvalue weighted by atomic mass is 79.9. The monoisotopic (exact) mass is 291 g/mol. The second-order valence-electron chi connectivity index (χ2n) is 4.22. The molecule has 0 aliphatic rings. The molecule has 3 nitrogen and oxygen atoms in total. The molecule has 0 spiro atoms. The summed E-state index contributed by atoms with van der Waals surface area (Å²) < 4.78 is 13.5. The first-order valence-electron chi connectivity index (χ1n) is 4.33. The van der Waals surface area contributed by atoms with E-state index >= 15 is 0 Å². The fraction of sp³-hybridized carbons (Fsp3) is 0.333. The minimum atomic E-state index is -1.90. The quantitative estimate of drug-likeness (QED) is 0.671. The fourth-order valence-electron chi connectivity index (χ4n) is 1.15. The van der Waals surface area contributed by atoms with E-state index in [1.807, 2.05) is 19.6 Å². The second-order valence-corrected chi connectivity index (χ2v) is 10.0. The first kappa shape index (κ1) is 12.3. The molecule has 1 rings (SSSR count). The third-order valence-corrected chi connectivity index (χ3v) is 4.54. The van der Waals surface area contributed by atoms with Crippen LogP contribution in [-0.4, -0.2) is 24.1 Å². The number of halogens is 2. The summed E-state index contributed by atoms with van der Waals surface area (Å²) in [5.41, 5.74) is 0.00817. The van der Waals surface area contributed by atoms with Gasteiger partial charge >= 0.3 is 5.97 Å². The summed E-state index contributed by atoms with van der Waals surface area (Å²) in [6, 6.07) is 1.38. The average molecular weight is 292 g/mol. The highest BCUT2D eigenvalue weighted by Gasteiger charge is 2.25. The molecule has 1 heterocycles. The number of carboxylic acids is 1. The Morgan fingerprint density at radius 3 is 2.47 bits per heavy atom. The Morgan fingerprint density at radius 1 is 1.53 bits per heavy atom. The molecule has 0 fully saturated rings. The topological polar surface area (TPSA) is 50.2 Å². The van der Waals surface area contributed by atoms with Crippen LogP contribution >= 0.6 is 15.9 Å². The van der Waals surface area contributed by atoms with Gasteiger partial charge in [-0.05, 0) is 27.2 Å². The van der Waals surface area contributed by atoms with E-state index in [-0.39, 0.29) is 10.2 Å². The molecule has 0 aliphatic carbocycles. The van der Waals surface area contributed by atoms with Crippen LogP contribution in [0.1, 0.15) is 10.4 Å². The van der Waals surface area contributed by atoms with Crippen molar-refractivity contribution in [1.29, 1.82) is 0 Å². The van der Waals surface area contributed by atoms with Gasteiger partial charge in [-0.25, -0.2) is 9.78 Å². The summed E-state index contributed by atoms with van der Waals surface area (Å²) in [6.45, 7) is 5.81. The van der Waals surface area contributed by atoms with E-state index < -0.39 is 20.0 Å². The summed E-state index contributed by atoms with van der Waals surface area (Å²) >= 11 is 2.93. The van der Waals surface area contributed by atoms with E-state index in [0.717, 1.165) is 0 Å². The van der Waals surface area contributed by atoms with Gasteiger partial charge in [0.2, 0.25) is 5.95 Å². The van der Waals surface area contributed by atoms with Crippen molar-refractivity contribution >= 4 is 35.2 Å². The Hall–Kier alpha value is -0.753. The molecule has 0 aromatic carbocycles. The van der Waals surface area contributed by atoms with Crippen LogP contribution in [0.5, 0.6) is 0 Å². The predicted molar refractivity (Wildman–Crippen MR) is 61.8 cm³/mol. The van der Waals surface area contributed by atoms with Gasteiger partial charge in [-0.2, -0.15) is 4.39 Å². The molecule has 0 saturated heterocycles. The molecule has 82 valence electrons. The van der Waals surface area contributed by atoms with E-state index in [0.29, 0.717) is 5.19 Å². The SMILES string of the molecule is C[Si](C)(C)c1cc(C(=O)O)c(Br)nc1F. The second kappa shape index (κ2) is 4.01. The smallest absolute Gasteiger partial charge is 0.338 e. The Kier molecular flexibility index (Phi) is 3.30. The summed E-state index contributed by atoms with van der Waals surface area (Å²) in [5.74, 6) is -1.68. The zero-order chi connectivity index (χ0) is 11.8. The average Bonchev–Trinajstić information content (AvgIpc) is 2.00. The van der Waals surface area contributed by atoms with Crippen LogP contribution in [0.3, 0.4) is 0 Å². The number of rotatable bonds is 2. The van der Waals surface area contributed by atoms with E-state index in [1.165, 1.54) is 6.07 Å². The Labute approximate surface area is 96.5 Å². The van der Waals surface area contributed by atoms with Gasteiger partial charge in [0.25, 0.3) is 0 Å². The van der Waals surface area contributed by atoms with Gasteiger partial charge in [0, 0.05) is 0 Å². The Balaban J connectivity index is 3.43. The Morgan fingerprint density at radius 2 is 2.07 bits per heavy atom. The first-order valence-corrected chi connectivity index (χ1v) is 8.62. The van der Waals surface area contributed by atoms with E-state index in [4.69, 9.17) is 5.11 Å². The van der Waals surface area contributed by atoms with Gasteiger partial charge in [-0.3, -0.25) is 0 Å². The van der Waals surface area contributed by atoms with E-state index in [1.54, 1.807) is 0 Å². The van der Waals surface area contributed by atoms with Crippen molar-refractivity contribution in [1.82, 2.24) is 4.98 Å². The summed E-state index contributed by atoms with van der Waals surface area (Å²) in [7, 11) is -1.90. The lowest BCUT2D eigenvalue weighted by Gasteiger charge is -2.17. The molecular formula is C9H11BrFNO2Si. The van der Waals surface area contributed by atoms with Crippen molar-refractivity contribution in [2.45, 2.75) is 19.6 Å². The maximum atomic E-state index is 13.5. The van der Waals surface area contributed by atoms with Crippen molar-refractivity contribution in [3.05, 3.63) is 22.2 Å². The minimum Gasteiger partial charge on any atom is -0.478 e. The number of hydrogen-bond donors (Lipinski definition) is 1. The van der Waals surface area contributed by atoms with Gasteiger partial charge in [0.1, 0.15) is 4.60 Å². The van der Waals surface area contributed by atoms with Crippen molar-refractivity contribution < 1.29 is 14.3 Å². The largest absolute Gasteiger partial charge is 0.478 e. The molecule has 0 saturated carbocycles. The molecule has 1 aromatic rings. The van der Waals surface area contributed by atoms with Gasteiger partial charge in [-0.15, -0.1) is 0 Å². The molecule has 0 amide bonds. The summed E-state index contributed by atoms with van der Waals surface area (Å²) in [6.07, 6.45) is 0. The molecule has 15 heavy (non-hydrogen) atoms. The Bertz CT molecular complexity index is 417. The van der Waals surface area contributed by atoms with Gasteiger partial charge in [0.15, 0.2) is 0 Å². The normalized spacial score (nSPS) is 11.5. The molecule has 6 heteroatoms. The van der Waals surface area contributed by atoms with Crippen molar-refractivity contribution in [3.8, 4) is 0 Å². The molecule has 0 atom stereocenters. The lowest BCUT2D eigenvalue weighted by atomic mass is 10.3. The van der Waals surface area contributed by atoms with Crippen LogP contribution in [0.25, 0.3) is 0 Å². The number of carbonyl (C=O) groups is 1. The maximum absolute atomic E-state index is 13.5. The summed E-state index contributed by atoms with van der Waals surface area (Å²) in [4.78, 5) is 14.4. The van der Waals surface area contributed by atoms with Crippen molar-refractivity contribution in [3.63, 3.8) is 0 Å². The van der Waals surface area contributed by atoms with Crippen LogP contribution < -0.4 is 5.19 Å². The fourth-order valence-corrected chi connectivity index (χ4v) is 2.84. The van der Waals surface area contributed by atoms with Crippen molar-refractivity contribution in [2.75, 3.05) is 0 Å². The number of pyridine rings is 1. The zero-order valence-corrected chi connectivity index (χ0v) is 11.2. The van der Waals surface area contributed by atoms with E-state index in [9.17, 15) is 9.18 Å². The molecule has 0 radical (unpaired) electrons. The zero-order valence-electron chi connectivity index (χ0n) is 8.64. The maximum Gasteiger partial charge on any atom is 0.338 e.